The summed E-state index contributed by atoms with van der Waals surface area (Å²) < 4.78 is 5.52. The fourth-order valence-electron chi connectivity index (χ4n) is 0.707. The highest BCUT2D eigenvalue weighted by Crippen LogP contribution is 2.05. The van der Waals surface area contributed by atoms with E-state index in [0.717, 1.165) is 9.13 Å². The van der Waals surface area contributed by atoms with Crippen molar-refractivity contribution >= 4 is 28.6 Å². The zero-order chi connectivity index (χ0) is 9.68. The maximum atomic E-state index is 10.7. The molecule has 0 aliphatic carbocycles. The summed E-state index contributed by atoms with van der Waals surface area (Å²) in [6, 6.07) is 7.58. The quantitative estimate of drug-likeness (QED) is 0.413. The van der Waals surface area contributed by atoms with E-state index in [1.165, 1.54) is 7.11 Å². The monoisotopic (exact) mass is 286 g/mol. The van der Waals surface area contributed by atoms with Crippen molar-refractivity contribution in [3.05, 3.63) is 33.4 Å². The van der Waals surface area contributed by atoms with Crippen LogP contribution < -0.4 is 0 Å². The number of ether oxygens (including phenoxy) is 1. The van der Waals surface area contributed by atoms with Gasteiger partial charge in [-0.15, -0.1) is 0 Å². The topological polar surface area (TPSA) is 26.3 Å². The van der Waals surface area contributed by atoms with Gasteiger partial charge in [0.15, 0.2) is 0 Å². The molecule has 3 heteroatoms. The molecule has 0 fully saturated rings. The molecule has 1 aromatic carbocycles. The average Bonchev–Trinajstić information content (AvgIpc) is 2.16. The van der Waals surface area contributed by atoms with Crippen LogP contribution in [-0.4, -0.2) is 13.1 Å². The Labute approximate surface area is 90.4 Å². The van der Waals surface area contributed by atoms with Gasteiger partial charge in [-0.1, -0.05) is 5.92 Å². The van der Waals surface area contributed by atoms with Gasteiger partial charge in [0.25, 0.3) is 0 Å². The van der Waals surface area contributed by atoms with Gasteiger partial charge in [0.2, 0.25) is 0 Å². The average molecular weight is 286 g/mol. The molecule has 1 aromatic rings. The van der Waals surface area contributed by atoms with Crippen molar-refractivity contribution in [1.82, 2.24) is 0 Å². The summed E-state index contributed by atoms with van der Waals surface area (Å²) in [7, 11) is 1.31. The van der Waals surface area contributed by atoms with Gasteiger partial charge >= 0.3 is 5.97 Å². The Balaban J connectivity index is 2.78. The number of hydrogen-bond acceptors (Lipinski definition) is 2. The van der Waals surface area contributed by atoms with Gasteiger partial charge in [0.05, 0.1) is 7.11 Å². The predicted molar refractivity (Wildman–Crippen MR) is 58.1 cm³/mol. The number of methoxy groups -OCH3 is 1. The molecule has 0 aromatic heterocycles. The lowest BCUT2D eigenvalue weighted by molar-refractivity contribution is -0.133. The van der Waals surface area contributed by atoms with E-state index in [-0.39, 0.29) is 0 Å². The molecule has 2 nitrogen and oxygen atoms in total. The van der Waals surface area contributed by atoms with Crippen molar-refractivity contribution in [3.8, 4) is 11.8 Å². The van der Waals surface area contributed by atoms with Crippen molar-refractivity contribution < 1.29 is 9.53 Å². The third kappa shape index (κ3) is 3.47. The van der Waals surface area contributed by atoms with Gasteiger partial charge in [-0.05, 0) is 46.9 Å². The zero-order valence-electron chi connectivity index (χ0n) is 7.00. The lowest BCUT2D eigenvalue weighted by Crippen LogP contribution is -1.94. The summed E-state index contributed by atoms with van der Waals surface area (Å²) in [4.78, 5) is 10.7. The Morgan fingerprint density at radius 3 is 2.54 bits per heavy atom. The number of esters is 1. The third-order valence-corrected chi connectivity index (χ3v) is 2.06. The first-order valence-electron chi connectivity index (χ1n) is 3.58. The molecule has 13 heavy (non-hydrogen) atoms. The molecular formula is C10H7IO2. The summed E-state index contributed by atoms with van der Waals surface area (Å²) in [5.74, 6) is 4.53. The predicted octanol–water partition coefficient (Wildman–Crippen LogP) is 1.82. The molecule has 0 spiro atoms. The van der Waals surface area contributed by atoms with Gasteiger partial charge in [-0.2, -0.15) is 0 Å². The molecule has 1 rings (SSSR count). The summed E-state index contributed by atoms with van der Waals surface area (Å²) in [5, 5.41) is 0. The smallest absolute Gasteiger partial charge is 0.384 e. The Hall–Kier alpha value is -1.02. The summed E-state index contributed by atoms with van der Waals surface area (Å²) in [6.45, 7) is 0. The second-order valence-electron chi connectivity index (χ2n) is 2.25. The Bertz CT molecular complexity index is 357. The Morgan fingerprint density at radius 2 is 2.00 bits per heavy atom. The van der Waals surface area contributed by atoms with Crippen LogP contribution in [0.3, 0.4) is 0 Å². The van der Waals surface area contributed by atoms with Gasteiger partial charge in [0, 0.05) is 15.1 Å². The molecular weight excluding hydrogens is 279 g/mol. The minimum Gasteiger partial charge on any atom is -0.459 e. The van der Waals surface area contributed by atoms with Crippen molar-refractivity contribution in [2.24, 2.45) is 0 Å². The molecule has 0 aliphatic heterocycles. The largest absolute Gasteiger partial charge is 0.459 e. The highest BCUT2D eigenvalue weighted by Gasteiger charge is 1.90. The first-order chi connectivity index (χ1) is 6.22. The highest BCUT2D eigenvalue weighted by atomic mass is 127. The third-order valence-electron chi connectivity index (χ3n) is 1.34. The highest BCUT2D eigenvalue weighted by molar-refractivity contribution is 14.1. The minimum atomic E-state index is -0.515. The minimum absolute atomic E-state index is 0.515. The molecule has 0 N–H and O–H groups in total. The standard InChI is InChI=1S/C10H7IO2/c1-13-10(12)7-4-8-2-5-9(11)6-3-8/h2-3,5-6H,1H3. The number of carbonyl (C=O) groups excluding carboxylic acids is 1. The van der Waals surface area contributed by atoms with Crippen LogP contribution in [0.2, 0.25) is 0 Å². The summed E-state index contributed by atoms with van der Waals surface area (Å²) >= 11 is 2.21. The van der Waals surface area contributed by atoms with Gasteiger partial charge in [0.1, 0.15) is 0 Å². The second kappa shape index (κ2) is 4.87. The molecule has 0 atom stereocenters. The van der Waals surface area contributed by atoms with E-state index in [1.54, 1.807) is 0 Å². The second-order valence-corrected chi connectivity index (χ2v) is 3.49. The Morgan fingerprint density at radius 1 is 1.38 bits per heavy atom. The molecule has 0 aliphatic rings. The van der Waals surface area contributed by atoms with Crippen LogP contribution in [0.1, 0.15) is 5.56 Å². The maximum Gasteiger partial charge on any atom is 0.384 e. The van der Waals surface area contributed by atoms with Crippen molar-refractivity contribution in [2.45, 2.75) is 0 Å². The van der Waals surface area contributed by atoms with E-state index in [2.05, 4.69) is 39.2 Å². The van der Waals surface area contributed by atoms with E-state index in [0.29, 0.717) is 0 Å². The molecule has 0 saturated heterocycles. The van der Waals surface area contributed by atoms with Crippen LogP contribution in [-0.2, 0) is 9.53 Å². The SMILES string of the molecule is COC(=O)C#Cc1ccc(I)cc1. The van der Waals surface area contributed by atoms with E-state index in [9.17, 15) is 4.79 Å². The van der Waals surface area contributed by atoms with Crippen LogP contribution in [0, 0.1) is 15.4 Å². The summed E-state index contributed by atoms with van der Waals surface area (Å²) in [6.07, 6.45) is 0. The Kier molecular flexibility index (Phi) is 3.77. The lowest BCUT2D eigenvalue weighted by atomic mass is 10.2. The van der Waals surface area contributed by atoms with Gasteiger partial charge in [-0.25, -0.2) is 4.79 Å². The fourth-order valence-corrected chi connectivity index (χ4v) is 1.07. The molecule has 0 bridgehead atoms. The van der Waals surface area contributed by atoms with E-state index in [4.69, 9.17) is 0 Å². The first kappa shape index (κ1) is 10.1. The molecule has 0 amide bonds. The van der Waals surface area contributed by atoms with Gasteiger partial charge in [-0.3, -0.25) is 0 Å². The normalized spacial score (nSPS) is 8.46. The number of benzene rings is 1. The molecule has 0 saturated carbocycles. The van der Waals surface area contributed by atoms with E-state index >= 15 is 0 Å². The zero-order valence-corrected chi connectivity index (χ0v) is 9.16. The number of rotatable bonds is 0. The number of carbonyl (C=O) groups is 1. The van der Waals surface area contributed by atoms with Crippen LogP contribution in [0.4, 0.5) is 0 Å². The summed E-state index contributed by atoms with van der Waals surface area (Å²) in [5.41, 5.74) is 0.811. The maximum absolute atomic E-state index is 10.7. The van der Waals surface area contributed by atoms with Gasteiger partial charge < -0.3 is 4.74 Å². The van der Waals surface area contributed by atoms with Crippen molar-refractivity contribution in [2.75, 3.05) is 7.11 Å². The number of hydrogen-bond donors (Lipinski definition) is 0. The molecule has 0 unspecified atom stereocenters. The van der Waals surface area contributed by atoms with Crippen molar-refractivity contribution in [1.29, 1.82) is 0 Å². The lowest BCUT2D eigenvalue weighted by Gasteiger charge is -1.90. The molecule has 0 radical (unpaired) electrons. The van der Waals surface area contributed by atoms with E-state index < -0.39 is 5.97 Å². The molecule has 0 heterocycles. The van der Waals surface area contributed by atoms with Crippen molar-refractivity contribution in [3.63, 3.8) is 0 Å². The van der Waals surface area contributed by atoms with Crippen LogP contribution >= 0.6 is 22.6 Å². The van der Waals surface area contributed by atoms with Crippen LogP contribution in [0.15, 0.2) is 24.3 Å². The fraction of sp³-hybridized carbons (Fsp3) is 0.100. The van der Waals surface area contributed by atoms with E-state index in [1.807, 2.05) is 24.3 Å². The number of halogens is 1. The molecule has 66 valence electrons. The van der Waals surface area contributed by atoms with Crippen LogP contribution in [0.5, 0.6) is 0 Å². The van der Waals surface area contributed by atoms with Crippen LogP contribution in [0.25, 0.3) is 0 Å². The first-order valence-corrected chi connectivity index (χ1v) is 4.66.